The summed E-state index contributed by atoms with van der Waals surface area (Å²) in [6, 6.07) is 45.0. The normalized spacial score (nSPS) is 14.7. The van der Waals surface area contributed by atoms with Gasteiger partial charge < -0.3 is 0 Å². The van der Waals surface area contributed by atoms with Gasteiger partial charge in [-0.05, 0) is 138 Å². The summed E-state index contributed by atoms with van der Waals surface area (Å²) < 4.78 is 0. The van der Waals surface area contributed by atoms with E-state index in [4.69, 9.17) is 19.9 Å². The Labute approximate surface area is 324 Å². The maximum Gasteiger partial charge on any atom is 0.0970 e. The van der Waals surface area contributed by atoms with Gasteiger partial charge in [-0.15, -0.1) is 0 Å². The van der Waals surface area contributed by atoms with Crippen LogP contribution >= 0.6 is 0 Å². The number of hydrogen-bond acceptors (Lipinski definition) is 4. The van der Waals surface area contributed by atoms with Gasteiger partial charge in [-0.1, -0.05) is 88.4 Å². The molecular weight excluding hydrogens is 681 g/mol. The first kappa shape index (κ1) is 31.6. The molecule has 0 radical (unpaired) electrons. The molecule has 0 atom stereocenters. The number of hydrogen-bond donors (Lipinski definition) is 0. The largest absolute Gasteiger partial charge is 0.254 e. The van der Waals surface area contributed by atoms with Crippen molar-refractivity contribution < 1.29 is 0 Å². The van der Waals surface area contributed by atoms with Crippen molar-refractivity contribution in [2.45, 2.75) is 38.5 Å². The number of pyridine rings is 4. The zero-order valence-corrected chi connectivity index (χ0v) is 31.6. The molecule has 0 N–H and O–H groups in total. The average Bonchev–Trinajstić information content (AvgIpc) is 3.60. The Morgan fingerprint density at radius 1 is 0.339 bits per heavy atom. The fraction of sp³-hybridized carbons (Fsp3) is 0.115. The first-order valence-electron chi connectivity index (χ1n) is 19.5. The van der Waals surface area contributed by atoms with Crippen LogP contribution in [0.25, 0.3) is 98.9 Å². The third kappa shape index (κ3) is 4.08. The highest BCUT2D eigenvalue weighted by Gasteiger charge is 2.43. The first-order valence-corrected chi connectivity index (χ1v) is 19.5. The van der Waals surface area contributed by atoms with Crippen LogP contribution in [0, 0.1) is 0 Å². The molecule has 4 heterocycles. The molecule has 0 amide bonds. The smallest absolute Gasteiger partial charge is 0.0970 e. The lowest BCUT2D eigenvalue weighted by Crippen LogP contribution is -2.17. The highest BCUT2D eigenvalue weighted by atomic mass is 14.7. The fourth-order valence-corrected chi connectivity index (χ4v) is 10.2. The Bertz CT molecular complexity index is 3370. The van der Waals surface area contributed by atoms with Gasteiger partial charge in [-0.2, -0.15) is 0 Å². The molecule has 2 aliphatic carbocycles. The van der Waals surface area contributed by atoms with Crippen molar-refractivity contribution in [1.82, 2.24) is 19.9 Å². The summed E-state index contributed by atoms with van der Waals surface area (Å²) in [4.78, 5) is 19.1. The van der Waals surface area contributed by atoms with E-state index in [0.717, 1.165) is 43.6 Å². The van der Waals surface area contributed by atoms with Gasteiger partial charge in [-0.3, -0.25) is 19.9 Å². The lowest BCUT2D eigenvalue weighted by atomic mass is 9.78. The molecule has 0 saturated carbocycles. The van der Waals surface area contributed by atoms with E-state index < -0.39 is 0 Å². The van der Waals surface area contributed by atoms with Crippen LogP contribution in [-0.4, -0.2) is 19.9 Å². The summed E-state index contributed by atoms with van der Waals surface area (Å²) in [6.07, 6.45) is 7.46. The van der Waals surface area contributed by atoms with E-state index in [-0.39, 0.29) is 10.8 Å². The number of fused-ring (bicyclic) bond motifs is 14. The standard InChI is InChI=1S/C52H36N4/c1-51(2)42-25-29(37-23-30-11-7-19-53-47(30)49-35(37)15-9-21-55-49)17-18-33(42)40-27-44-41(28-43(40)51)46-34-14-6-5-13-32(34)39(26-45(46)52(44,3)4)38-24-31-12-8-20-54-48(31)50-36(38)16-10-22-56-50/h5-28H,1-4H3. The second-order valence-electron chi connectivity index (χ2n) is 16.6. The summed E-state index contributed by atoms with van der Waals surface area (Å²) in [6.45, 7) is 9.61. The number of rotatable bonds is 2. The molecule has 0 unspecified atom stereocenters. The molecule has 0 saturated heterocycles. The van der Waals surface area contributed by atoms with Crippen molar-refractivity contribution >= 4 is 54.4 Å². The second kappa shape index (κ2) is 10.9. The summed E-state index contributed by atoms with van der Waals surface area (Å²) in [5, 5.41) is 6.99. The van der Waals surface area contributed by atoms with E-state index in [1.165, 1.54) is 77.5 Å². The zero-order chi connectivity index (χ0) is 37.5. The van der Waals surface area contributed by atoms with Crippen molar-refractivity contribution in [3.63, 3.8) is 0 Å². The molecule has 12 rings (SSSR count). The van der Waals surface area contributed by atoms with E-state index in [9.17, 15) is 0 Å². The van der Waals surface area contributed by atoms with E-state index in [0.29, 0.717) is 0 Å². The topological polar surface area (TPSA) is 51.6 Å². The van der Waals surface area contributed by atoms with Crippen LogP contribution < -0.4 is 0 Å². The maximum absolute atomic E-state index is 4.86. The van der Waals surface area contributed by atoms with Gasteiger partial charge in [-0.25, -0.2) is 0 Å². The minimum absolute atomic E-state index is 0.199. The van der Waals surface area contributed by atoms with E-state index >= 15 is 0 Å². The SMILES string of the molecule is CC1(C)c2cc(-c3cc4cccnc4c4ncccc34)ccc2-c2cc3c(cc21)-c1c(cc(-c2cc4cccnc4c4ncccc24)c2ccccc12)C3(C)C. The van der Waals surface area contributed by atoms with Crippen LogP contribution in [0.15, 0.2) is 146 Å². The quantitative estimate of drug-likeness (QED) is 0.167. The highest BCUT2D eigenvalue weighted by molar-refractivity contribution is 6.17. The lowest BCUT2D eigenvalue weighted by Gasteiger charge is -2.25. The van der Waals surface area contributed by atoms with Crippen molar-refractivity contribution in [2.75, 3.05) is 0 Å². The summed E-state index contributed by atoms with van der Waals surface area (Å²) >= 11 is 0. The van der Waals surface area contributed by atoms with Gasteiger partial charge >= 0.3 is 0 Å². The van der Waals surface area contributed by atoms with E-state index in [1.54, 1.807) is 0 Å². The minimum Gasteiger partial charge on any atom is -0.254 e. The van der Waals surface area contributed by atoms with Crippen LogP contribution in [0.2, 0.25) is 0 Å². The Hall–Kier alpha value is -6.78. The molecule has 0 bridgehead atoms. The van der Waals surface area contributed by atoms with Crippen molar-refractivity contribution in [1.29, 1.82) is 0 Å². The Morgan fingerprint density at radius 2 is 0.821 bits per heavy atom. The Kier molecular flexibility index (Phi) is 6.15. The molecular formula is C52H36N4. The monoisotopic (exact) mass is 716 g/mol. The van der Waals surface area contributed by atoms with Gasteiger partial charge in [0.25, 0.3) is 0 Å². The van der Waals surface area contributed by atoms with Crippen molar-refractivity contribution in [3.05, 3.63) is 168 Å². The van der Waals surface area contributed by atoms with Crippen LogP contribution in [0.5, 0.6) is 0 Å². The predicted molar refractivity (Wildman–Crippen MR) is 231 cm³/mol. The predicted octanol–water partition coefficient (Wildman–Crippen LogP) is 13.0. The van der Waals surface area contributed by atoms with Crippen LogP contribution in [0.4, 0.5) is 0 Å². The molecule has 4 heteroatoms. The molecule has 56 heavy (non-hydrogen) atoms. The van der Waals surface area contributed by atoms with Crippen LogP contribution in [0.1, 0.15) is 49.9 Å². The van der Waals surface area contributed by atoms with Gasteiger partial charge in [0, 0.05) is 57.2 Å². The highest BCUT2D eigenvalue weighted by Crippen LogP contribution is 2.59. The fourth-order valence-electron chi connectivity index (χ4n) is 10.2. The number of aromatic nitrogens is 4. The summed E-state index contributed by atoms with van der Waals surface area (Å²) in [7, 11) is 0. The molecule has 4 aromatic heterocycles. The van der Waals surface area contributed by atoms with E-state index in [1.807, 2.05) is 49.1 Å². The lowest BCUT2D eigenvalue weighted by molar-refractivity contribution is 0.652. The molecule has 2 aliphatic rings. The Morgan fingerprint density at radius 3 is 1.52 bits per heavy atom. The van der Waals surface area contributed by atoms with Crippen LogP contribution in [0.3, 0.4) is 0 Å². The van der Waals surface area contributed by atoms with Crippen molar-refractivity contribution in [3.8, 4) is 44.5 Å². The molecule has 0 spiro atoms. The van der Waals surface area contributed by atoms with Crippen molar-refractivity contribution in [2.24, 2.45) is 0 Å². The van der Waals surface area contributed by atoms with Gasteiger partial charge in [0.05, 0.1) is 22.1 Å². The Balaban J connectivity index is 1.06. The molecule has 0 fully saturated rings. The van der Waals surface area contributed by atoms with Crippen LogP contribution in [-0.2, 0) is 10.8 Å². The molecule has 0 aliphatic heterocycles. The maximum atomic E-state index is 4.86. The molecule has 264 valence electrons. The third-order valence-corrected chi connectivity index (χ3v) is 13.0. The van der Waals surface area contributed by atoms with Gasteiger partial charge in [0.15, 0.2) is 0 Å². The molecule has 6 aromatic carbocycles. The second-order valence-corrected chi connectivity index (χ2v) is 16.6. The summed E-state index contributed by atoms with van der Waals surface area (Å²) in [5.74, 6) is 0. The minimum atomic E-state index is -0.219. The van der Waals surface area contributed by atoms with E-state index in [2.05, 4.69) is 125 Å². The zero-order valence-electron chi connectivity index (χ0n) is 31.6. The molecule has 10 aromatic rings. The van der Waals surface area contributed by atoms with Gasteiger partial charge in [0.2, 0.25) is 0 Å². The third-order valence-electron chi connectivity index (χ3n) is 13.0. The average molecular weight is 717 g/mol. The molecule has 4 nitrogen and oxygen atoms in total. The summed E-state index contributed by atoms with van der Waals surface area (Å²) in [5.41, 5.74) is 19.0. The number of benzene rings is 6. The number of nitrogens with zero attached hydrogens (tertiary/aromatic N) is 4. The first-order chi connectivity index (χ1) is 27.3. The van der Waals surface area contributed by atoms with Gasteiger partial charge in [0.1, 0.15) is 0 Å².